The van der Waals surface area contributed by atoms with Gasteiger partial charge in [-0.2, -0.15) is 0 Å². The first-order chi connectivity index (χ1) is 30.8. The Labute approximate surface area is 390 Å². The summed E-state index contributed by atoms with van der Waals surface area (Å²) >= 11 is 0. The predicted octanol–water partition coefficient (Wildman–Crippen LogP) is 8.54. The van der Waals surface area contributed by atoms with Crippen LogP contribution in [0.2, 0.25) is 18.1 Å². The molecule has 1 amide bonds. The maximum Gasteiger partial charge on any atom is 0.338 e. The van der Waals surface area contributed by atoms with E-state index in [1.807, 2.05) is 91.0 Å². The Hall–Kier alpha value is -4.66. The molecule has 3 N–H and O–H groups in total. The van der Waals surface area contributed by atoms with Gasteiger partial charge in [-0.05, 0) is 72.8 Å². The van der Waals surface area contributed by atoms with E-state index in [2.05, 4.69) is 26.1 Å². The minimum absolute atomic E-state index is 0.0383. The number of benzene rings is 3. The van der Waals surface area contributed by atoms with Crippen LogP contribution >= 0.6 is 0 Å². The average Bonchev–Trinajstić information content (AvgIpc) is 3.26. The highest BCUT2D eigenvalue weighted by atomic mass is 28.4. The number of esters is 3. The molecule has 4 aliphatic rings. The number of ether oxygens (including phenoxy) is 4. The van der Waals surface area contributed by atoms with E-state index in [4.69, 9.17) is 23.4 Å². The Morgan fingerprint density at radius 1 is 0.864 bits per heavy atom. The van der Waals surface area contributed by atoms with Crippen LogP contribution in [0.15, 0.2) is 102 Å². The maximum absolute atomic E-state index is 15.4. The number of aliphatic hydroxyl groups is 2. The van der Waals surface area contributed by atoms with Crippen molar-refractivity contribution in [2.75, 3.05) is 6.61 Å². The molecule has 2 saturated carbocycles. The van der Waals surface area contributed by atoms with Gasteiger partial charge in [0.1, 0.15) is 23.9 Å². The van der Waals surface area contributed by atoms with Crippen LogP contribution in [0.4, 0.5) is 0 Å². The Kier molecular flexibility index (Phi) is 13.3. The molecule has 0 aromatic heterocycles. The van der Waals surface area contributed by atoms with E-state index in [0.29, 0.717) is 28.7 Å². The first-order valence-corrected chi connectivity index (χ1v) is 26.2. The van der Waals surface area contributed by atoms with Crippen molar-refractivity contribution in [3.63, 3.8) is 0 Å². The fourth-order valence-electron chi connectivity index (χ4n) is 11.6. The third kappa shape index (κ3) is 8.26. The first kappa shape index (κ1) is 49.2. The van der Waals surface area contributed by atoms with E-state index >= 15 is 4.79 Å². The summed E-state index contributed by atoms with van der Waals surface area (Å²) in [5, 5.41) is 29.8. The van der Waals surface area contributed by atoms with Gasteiger partial charge in [0.05, 0.1) is 30.2 Å². The number of hydrogen-bond donors (Lipinski definition) is 3. The molecule has 3 aromatic carbocycles. The largest absolute Gasteiger partial charge is 0.456 e. The molecule has 66 heavy (non-hydrogen) atoms. The summed E-state index contributed by atoms with van der Waals surface area (Å²) in [6, 6.07) is 25.4. The summed E-state index contributed by atoms with van der Waals surface area (Å²) in [4.78, 5) is 57.1. The number of fused-ring (bicyclic) bond motifs is 5. The van der Waals surface area contributed by atoms with Gasteiger partial charge in [0.25, 0.3) is 5.91 Å². The quantitative estimate of drug-likeness (QED) is 0.0730. The number of nitrogens with one attached hydrogen (secondary N) is 1. The van der Waals surface area contributed by atoms with Crippen molar-refractivity contribution in [2.45, 2.75) is 148 Å². The van der Waals surface area contributed by atoms with E-state index < -0.39 is 103 Å². The van der Waals surface area contributed by atoms with Crippen molar-refractivity contribution in [3.05, 3.63) is 119 Å². The summed E-state index contributed by atoms with van der Waals surface area (Å²) in [6.45, 7) is 23.0. The molecule has 2 bridgehead atoms. The smallest absolute Gasteiger partial charge is 0.338 e. The van der Waals surface area contributed by atoms with Gasteiger partial charge in [0.15, 0.2) is 20.0 Å². The van der Waals surface area contributed by atoms with E-state index in [1.165, 1.54) is 6.92 Å². The molecule has 356 valence electrons. The van der Waals surface area contributed by atoms with Crippen molar-refractivity contribution >= 4 is 32.1 Å². The fraction of sp³-hybridized carbons (Fsp3) is 0.547. The SMILES string of the molecule is CC(=O)O[C@@]12CO[C@@H]1C[C@H](C)[C@]1(C)[C@@H]2[C@H](OC(=O)c2ccccc2)[C@]2(O)C[C@H](OC(=O)[C@H](O[Si](C)(C)C(C)(C)C)[C@@H](NC(=O)c3ccccc3)c3ccccc3)C(C)=C([C@H](C)[C@@H]1O)C2(C)C. The van der Waals surface area contributed by atoms with E-state index in [-0.39, 0.29) is 29.5 Å². The van der Waals surface area contributed by atoms with Crippen LogP contribution in [0.5, 0.6) is 0 Å². The van der Waals surface area contributed by atoms with Crippen molar-refractivity contribution in [3.8, 4) is 0 Å². The van der Waals surface area contributed by atoms with Gasteiger partial charge in [0, 0.05) is 35.7 Å². The first-order valence-electron chi connectivity index (χ1n) is 23.3. The summed E-state index contributed by atoms with van der Waals surface area (Å²) in [6.07, 6.45) is -5.45. The molecular weight excluding hydrogens is 855 g/mol. The molecule has 1 aliphatic heterocycles. The highest BCUT2D eigenvalue weighted by Crippen LogP contribution is 2.67. The normalized spacial score (nSPS) is 32.4. The van der Waals surface area contributed by atoms with Crippen LogP contribution in [0.1, 0.15) is 114 Å². The Morgan fingerprint density at radius 3 is 1.95 bits per heavy atom. The van der Waals surface area contributed by atoms with Crippen LogP contribution in [0.25, 0.3) is 0 Å². The molecule has 0 radical (unpaired) electrons. The summed E-state index contributed by atoms with van der Waals surface area (Å²) < 4.78 is 33.0. The molecule has 12 nitrogen and oxygen atoms in total. The van der Waals surface area contributed by atoms with Crippen LogP contribution < -0.4 is 5.32 Å². The lowest BCUT2D eigenvalue weighted by atomic mass is 9.42. The average molecular weight is 924 g/mol. The van der Waals surface area contributed by atoms with E-state index in [1.54, 1.807) is 54.6 Å². The second-order valence-electron chi connectivity index (χ2n) is 21.6. The molecule has 12 atom stereocenters. The molecule has 1 saturated heterocycles. The second kappa shape index (κ2) is 17.8. The Bertz CT molecular complexity index is 2330. The van der Waals surface area contributed by atoms with Crippen molar-refractivity contribution in [1.82, 2.24) is 5.32 Å². The molecule has 1 heterocycles. The van der Waals surface area contributed by atoms with Crippen molar-refractivity contribution in [2.24, 2.45) is 28.6 Å². The Balaban J connectivity index is 1.40. The van der Waals surface area contributed by atoms with Gasteiger partial charge >= 0.3 is 17.9 Å². The highest BCUT2D eigenvalue weighted by molar-refractivity contribution is 6.74. The molecule has 7 rings (SSSR count). The number of carbonyl (C=O) groups is 4. The standard InChI is InChI=1S/C53H69NO11Si/c1-31-28-39-52(30-61-39,64-34(4)55)43-45(63-47(58)37-26-20-15-21-27-37)53(60)29-38(32(2)40(50(53,8)9)33(3)44(56)51(31,43)10)62-48(59)42(65-66(11,12)49(5,6)7)41(35-22-16-13-17-23-35)54-46(57)36-24-18-14-19-25-36/h13-27,31,33,38-39,41-45,56,60H,28-30H2,1-12H3,(H,54,57)/t31-,33-,38-,39+,41-,42+,43-,44-,45-,51+,52-,53+/m0/s1. The highest BCUT2D eigenvalue weighted by Gasteiger charge is 2.77. The Morgan fingerprint density at radius 2 is 1.42 bits per heavy atom. The zero-order valence-corrected chi connectivity index (χ0v) is 41.5. The molecule has 13 heteroatoms. The van der Waals surface area contributed by atoms with Crippen LogP contribution in [-0.4, -0.2) is 90.7 Å². The lowest BCUT2D eigenvalue weighted by Gasteiger charge is -2.69. The maximum atomic E-state index is 15.4. The fourth-order valence-corrected chi connectivity index (χ4v) is 12.8. The number of aliphatic hydroxyl groups excluding tert-OH is 1. The van der Waals surface area contributed by atoms with Gasteiger partial charge in [0.2, 0.25) is 0 Å². The van der Waals surface area contributed by atoms with Crippen molar-refractivity contribution < 1.29 is 52.8 Å². The number of rotatable bonds is 11. The van der Waals surface area contributed by atoms with Gasteiger partial charge in [-0.25, -0.2) is 9.59 Å². The van der Waals surface area contributed by atoms with Gasteiger partial charge in [-0.1, -0.05) is 128 Å². The zero-order chi connectivity index (χ0) is 48.4. The summed E-state index contributed by atoms with van der Waals surface area (Å²) in [5.41, 5.74) is -3.19. The number of hydrogen-bond acceptors (Lipinski definition) is 11. The third-order valence-electron chi connectivity index (χ3n) is 16.5. The van der Waals surface area contributed by atoms with E-state index in [0.717, 1.165) is 0 Å². The number of amides is 1. The van der Waals surface area contributed by atoms with Crippen molar-refractivity contribution in [1.29, 1.82) is 0 Å². The van der Waals surface area contributed by atoms with E-state index in [9.17, 15) is 24.6 Å². The van der Waals surface area contributed by atoms with Crippen LogP contribution in [-0.2, 0) is 33.0 Å². The minimum Gasteiger partial charge on any atom is -0.456 e. The molecule has 3 aliphatic carbocycles. The summed E-state index contributed by atoms with van der Waals surface area (Å²) in [5.74, 6) is -4.36. The zero-order valence-electron chi connectivity index (χ0n) is 40.5. The van der Waals surface area contributed by atoms with Gasteiger partial charge < -0.3 is 38.9 Å². The summed E-state index contributed by atoms with van der Waals surface area (Å²) in [7, 11) is -2.82. The number of carbonyl (C=O) groups excluding carboxylic acids is 4. The van der Waals surface area contributed by atoms with Gasteiger partial charge in [-0.3, -0.25) is 9.59 Å². The van der Waals surface area contributed by atoms with Crippen LogP contribution in [0.3, 0.4) is 0 Å². The molecule has 0 unspecified atom stereocenters. The lowest BCUT2D eigenvalue weighted by Crippen LogP contribution is -2.80. The second-order valence-corrected chi connectivity index (χ2v) is 26.3. The molecule has 3 aromatic rings. The predicted molar refractivity (Wildman–Crippen MR) is 252 cm³/mol. The molecule has 3 fully saturated rings. The molecule has 0 spiro atoms. The monoisotopic (exact) mass is 923 g/mol. The van der Waals surface area contributed by atoms with Gasteiger partial charge in [-0.15, -0.1) is 0 Å². The minimum atomic E-state index is -2.82. The third-order valence-corrected chi connectivity index (χ3v) is 20.9. The van der Waals surface area contributed by atoms with Crippen LogP contribution in [0, 0.1) is 28.6 Å². The topological polar surface area (TPSA) is 167 Å². The lowest BCUT2D eigenvalue weighted by molar-refractivity contribution is -0.356. The molecular formula is C53H69NO11Si.